The van der Waals surface area contributed by atoms with Gasteiger partial charge in [0.1, 0.15) is 5.75 Å². The van der Waals surface area contributed by atoms with Crippen LogP contribution in [-0.4, -0.2) is 28.7 Å². The van der Waals surface area contributed by atoms with Crippen molar-refractivity contribution in [3.8, 4) is 17.0 Å². The van der Waals surface area contributed by atoms with Crippen molar-refractivity contribution in [2.75, 3.05) is 0 Å². The monoisotopic (exact) mass is 454 g/mol. The summed E-state index contributed by atoms with van der Waals surface area (Å²) in [6.07, 6.45) is -3.92. The summed E-state index contributed by atoms with van der Waals surface area (Å²) in [5.41, 5.74) is 1.51. The first-order valence-corrected chi connectivity index (χ1v) is 9.27. The zero-order chi connectivity index (χ0) is 23.1. The van der Waals surface area contributed by atoms with Crippen molar-refractivity contribution in [1.29, 1.82) is 0 Å². The Morgan fingerprint density at radius 2 is 1.83 bits per heavy atom. The first kappa shape index (κ1) is 25.6. The van der Waals surface area contributed by atoms with E-state index in [0.717, 1.165) is 6.92 Å². The number of hydrogen-bond donors (Lipinski definition) is 0. The molecule has 0 saturated heterocycles. The van der Waals surface area contributed by atoms with E-state index < -0.39 is 18.7 Å². The van der Waals surface area contributed by atoms with Crippen LogP contribution in [-0.2, 0) is 29.0 Å². The molecular weight excluding hydrogens is 435 g/mol. The number of ether oxygens (including phenoxy) is 1. The third kappa shape index (κ3) is 6.53. The molecule has 0 amide bonds. The molecule has 1 aromatic heterocycles. The van der Waals surface area contributed by atoms with Gasteiger partial charge < -0.3 is 4.74 Å². The first-order chi connectivity index (χ1) is 14.0. The van der Waals surface area contributed by atoms with Crippen molar-refractivity contribution in [3.05, 3.63) is 34.5 Å². The second-order valence-electron chi connectivity index (χ2n) is 6.22. The second kappa shape index (κ2) is 11.1. The van der Waals surface area contributed by atoms with Crippen molar-refractivity contribution in [3.63, 3.8) is 0 Å². The Balaban J connectivity index is 0.00000141. The molecule has 0 spiro atoms. The lowest BCUT2D eigenvalue weighted by molar-refractivity contribution is -0.191. The number of halogens is 6. The number of nitrogens with zero attached hydrogens (tertiary/aromatic N) is 2. The molecule has 2 aromatic rings. The minimum atomic E-state index is -4.37. The minimum absolute atomic E-state index is 0.226. The molecule has 0 aliphatic rings. The molecule has 2 rings (SSSR count). The van der Waals surface area contributed by atoms with Gasteiger partial charge in [0.2, 0.25) is 0 Å². The summed E-state index contributed by atoms with van der Waals surface area (Å²) in [7, 11) is 0. The Morgan fingerprint density at radius 3 is 2.30 bits per heavy atom. The maximum Gasteiger partial charge on any atom is 0.391 e. The Hall–Kier alpha value is -2.45. The van der Waals surface area contributed by atoms with Crippen molar-refractivity contribution in [1.82, 2.24) is 9.78 Å². The van der Waals surface area contributed by atoms with Gasteiger partial charge >= 0.3 is 18.9 Å². The standard InChI is InChI=1S/C18H20ClF5N2O.CO2/c1-4-13-15(19)16(26(5-2)25-13)12-7-6-11(8-10(3)18(22,23)24)9-14(12)27-17(20)21;2-1-3/h6-7,9-10,17H,4-5,8H2,1-3H3;/t10-;/m0./s1. The van der Waals surface area contributed by atoms with E-state index in [2.05, 4.69) is 9.84 Å². The maximum atomic E-state index is 12.9. The summed E-state index contributed by atoms with van der Waals surface area (Å²) in [6.45, 7) is 2.03. The van der Waals surface area contributed by atoms with Gasteiger partial charge in [0.25, 0.3) is 0 Å². The van der Waals surface area contributed by atoms with E-state index in [-0.39, 0.29) is 29.4 Å². The number of aryl methyl sites for hydroxylation is 2. The van der Waals surface area contributed by atoms with Crippen LogP contribution in [0, 0.1) is 5.92 Å². The Bertz CT molecular complexity index is 878. The molecular formula is C19H20ClF5N2O3. The fourth-order valence-electron chi connectivity index (χ4n) is 2.75. The van der Waals surface area contributed by atoms with Crippen LogP contribution in [0.25, 0.3) is 11.3 Å². The number of benzene rings is 1. The van der Waals surface area contributed by atoms with Gasteiger partial charge in [0, 0.05) is 12.1 Å². The highest BCUT2D eigenvalue weighted by molar-refractivity contribution is 6.33. The molecule has 11 heteroatoms. The van der Waals surface area contributed by atoms with Crippen LogP contribution in [0.1, 0.15) is 32.0 Å². The maximum absolute atomic E-state index is 12.9. The van der Waals surface area contributed by atoms with Crippen molar-refractivity contribution >= 4 is 17.8 Å². The van der Waals surface area contributed by atoms with Crippen molar-refractivity contribution in [2.45, 2.75) is 52.9 Å². The summed E-state index contributed by atoms with van der Waals surface area (Å²) in [5.74, 6) is -1.84. The van der Waals surface area contributed by atoms with Gasteiger partial charge in [-0.2, -0.15) is 36.6 Å². The fraction of sp³-hybridized carbons (Fsp3) is 0.474. The van der Waals surface area contributed by atoms with Gasteiger partial charge in [-0.25, -0.2) is 0 Å². The number of alkyl halides is 5. The summed E-state index contributed by atoms with van der Waals surface area (Å²) < 4.78 is 70.4. The van der Waals surface area contributed by atoms with Gasteiger partial charge in [0.15, 0.2) is 0 Å². The predicted octanol–water partition coefficient (Wildman–Crippen LogP) is 5.54. The molecule has 0 N–H and O–H groups in total. The Morgan fingerprint density at radius 1 is 1.23 bits per heavy atom. The van der Waals surface area contributed by atoms with Gasteiger partial charge in [-0.1, -0.05) is 31.5 Å². The third-order valence-electron chi connectivity index (χ3n) is 4.21. The van der Waals surface area contributed by atoms with Crippen molar-refractivity contribution < 1.29 is 36.3 Å². The summed E-state index contributed by atoms with van der Waals surface area (Å²) >= 11 is 6.36. The van der Waals surface area contributed by atoms with Crippen LogP contribution in [0.3, 0.4) is 0 Å². The number of rotatable bonds is 7. The second-order valence-corrected chi connectivity index (χ2v) is 6.60. The molecule has 1 aromatic carbocycles. The van der Waals surface area contributed by atoms with Crippen LogP contribution in [0.4, 0.5) is 22.0 Å². The Labute approximate surface area is 174 Å². The average Bonchev–Trinajstić information content (AvgIpc) is 2.97. The highest BCUT2D eigenvalue weighted by atomic mass is 35.5. The van der Waals surface area contributed by atoms with Gasteiger partial charge in [0.05, 0.1) is 22.3 Å². The van der Waals surface area contributed by atoms with Gasteiger partial charge in [-0.05, 0) is 37.5 Å². The van der Waals surface area contributed by atoms with Crippen LogP contribution in [0.15, 0.2) is 18.2 Å². The molecule has 1 atom stereocenters. The van der Waals surface area contributed by atoms with E-state index in [1.807, 2.05) is 13.8 Å². The molecule has 30 heavy (non-hydrogen) atoms. The summed E-state index contributed by atoms with van der Waals surface area (Å²) in [4.78, 5) is 16.2. The van der Waals surface area contributed by atoms with E-state index in [4.69, 9.17) is 21.2 Å². The minimum Gasteiger partial charge on any atom is -0.434 e. The van der Waals surface area contributed by atoms with Crippen LogP contribution < -0.4 is 4.74 Å². The molecule has 0 bridgehead atoms. The molecule has 1 heterocycles. The highest BCUT2D eigenvalue weighted by Crippen LogP contribution is 2.39. The SMILES string of the molecule is CCc1nn(CC)c(-c2ccc(C[C@H](C)C(F)(F)F)cc2OC(F)F)c1Cl.O=C=O. The molecule has 166 valence electrons. The lowest BCUT2D eigenvalue weighted by Crippen LogP contribution is -2.21. The predicted molar refractivity (Wildman–Crippen MR) is 98.3 cm³/mol. The third-order valence-corrected chi connectivity index (χ3v) is 4.61. The lowest BCUT2D eigenvalue weighted by atomic mass is 9.98. The molecule has 0 radical (unpaired) electrons. The average molecular weight is 455 g/mol. The topological polar surface area (TPSA) is 61.2 Å². The quantitative estimate of drug-likeness (QED) is 0.515. The zero-order valence-electron chi connectivity index (χ0n) is 16.4. The largest absolute Gasteiger partial charge is 0.434 e. The first-order valence-electron chi connectivity index (χ1n) is 8.89. The normalized spacial score (nSPS) is 12.2. The number of carbonyl (C=O) groups excluding carboxylic acids is 2. The van der Waals surface area contributed by atoms with E-state index in [1.54, 1.807) is 4.68 Å². The summed E-state index contributed by atoms with van der Waals surface area (Å²) in [6, 6.07) is 4.12. The lowest BCUT2D eigenvalue weighted by Gasteiger charge is -2.18. The Kier molecular flexibility index (Phi) is 9.45. The van der Waals surface area contributed by atoms with Gasteiger partial charge in [-0.3, -0.25) is 4.68 Å². The number of aromatic nitrogens is 2. The fourth-order valence-corrected chi connectivity index (χ4v) is 3.12. The molecule has 0 fully saturated rings. The smallest absolute Gasteiger partial charge is 0.391 e. The molecule has 0 aliphatic heterocycles. The van der Waals surface area contributed by atoms with Gasteiger partial charge in [-0.15, -0.1) is 0 Å². The van der Waals surface area contributed by atoms with Crippen LogP contribution in [0.5, 0.6) is 5.75 Å². The van der Waals surface area contributed by atoms with E-state index in [9.17, 15) is 22.0 Å². The highest BCUT2D eigenvalue weighted by Gasteiger charge is 2.36. The molecule has 0 unspecified atom stereocenters. The molecule has 0 aliphatic carbocycles. The number of hydrogen-bond acceptors (Lipinski definition) is 4. The van der Waals surface area contributed by atoms with E-state index in [1.165, 1.54) is 18.2 Å². The molecule has 0 saturated carbocycles. The van der Waals surface area contributed by atoms with Crippen LogP contribution in [0.2, 0.25) is 5.02 Å². The zero-order valence-corrected chi connectivity index (χ0v) is 17.2. The summed E-state index contributed by atoms with van der Waals surface area (Å²) in [5, 5.41) is 4.65. The van der Waals surface area contributed by atoms with Crippen molar-refractivity contribution in [2.24, 2.45) is 5.92 Å². The van der Waals surface area contributed by atoms with E-state index >= 15 is 0 Å². The van der Waals surface area contributed by atoms with Crippen LogP contribution >= 0.6 is 11.6 Å². The molecule has 5 nitrogen and oxygen atoms in total. The van der Waals surface area contributed by atoms with E-state index in [0.29, 0.717) is 29.4 Å².